The van der Waals surface area contributed by atoms with Crippen LogP contribution in [0.3, 0.4) is 0 Å². The molecule has 1 atom stereocenters. The van der Waals surface area contributed by atoms with Crippen LogP contribution in [0, 0.1) is 6.92 Å². The van der Waals surface area contributed by atoms with Crippen LogP contribution in [0.4, 0.5) is 0 Å². The van der Waals surface area contributed by atoms with Gasteiger partial charge in [0, 0.05) is 19.5 Å². The third kappa shape index (κ3) is 2.11. The number of para-hydroxylation sites is 1. The molecule has 4 nitrogen and oxygen atoms in total. The second kappa shape index (κ2) is 4.66. The van der Waals surface area contributed by atoms with Gasteiger partial charge in [0.25, 0.3) is 0 Å². The van der Waals surface area contributed by atoms with Gasteiger partial charge in [-0.1, -0.05) is 12.1 Å². The van der Waals surface area contributed by atoms with Crippen LogP contribution in [0.25, 0.3) is 10.2 Å². The van der Waals surface area contributed by atoms with Crippen LogP contribution in [0.15, 0.2) is 18.2 Å². The Morgan fingerprint density at radius 2 is 2.33 bits per heavy atom. The number of nitrogens with zero attached hydrogens (tertiary/aromatic N) is 1. The lowest BCUT2D eigenvalue weighted by molar-refractivity contribution is -0.124. The molecule has 2 aromatic rings. The minimum Gasteiger partial charge on any atom is -0.353 e. The quantitative estimate of drug-likeness (QED) is 0.855. The first kappa shape index (κ1) is 11.6. The highest BCUT2D eigenvalue weighted by Gasteiger charge is 2.23. The standard InChI is InChI=1S/C13H15N3OS/c1-8-3-2-4-10-12(8)16-11(18-10)7-9-13(17)15-6-5-14-9/h2-4,9,14H,5-7H2,1H3,(H,15,17). The number of aryl methyl sites for hydroxylation is 1. The molecule has 94 valence electrons. The van der Waals surface area contributed by atoms with E-state index in [4.69, 9.17) is 0 Å². The van der Waals surface area contributed by atoms with Crippen molar-refractivity contribution in [1.82, 2.24) is 15.6 Å². The van der Waals surface area contributed by atoms with Crippen molar-refractivity contribution in [3.05, 3.63) is 28.8 Å². The lowest BCUT2D eigenvalue weighted by atomic mass is 10.1. The average Bonchev–Trinajstić information content (AvgIpc) is 2.76. The van der Waals surface area contributed by atoms with E-state index >= 15 is 0 Å². The van der Waals surface area contributed by atoms with Crippen molar-refractivity contribution in [3.8, 4) is 0 Å². The molecular formula is C13H15N3OS. The van der Waals surface area contributed by atoms with Gasteiger partial charge in [0.05, 0.1) is 21.3 Å². The Morgan fingerprint density at radius 1 is 1.44 bits per heavy atom. The highest BCUT2D eigenvalue weighted by molar-refractivity contribution is 7.18. The van der Waals surface area contributed by atoms with E-state index in [1.165, 1.54) is 10.3 Å². The number of piperazine rings is 1. The molecule has 1 fully saturated rings. The molecule has 1 saturated heterocycles. The van der Waals surface area contributed by atoms with Crippen LogP contribution in [-0.4, -0.2) is 30.0 Å². The fraction of sp³-hybridized carbons (Fsp3) is 0.385. The molecule has 1 unspecified atom stereocenters. The number of aromatic nitrogens is 1. The van der Waals surface area contributed by atoms with Crippen molar-refractivity contribution < 1.29 is 4.79 Å². The van der Waals surface area contributed by atoms with Gasteiger partial charge in [-0.3, -0.25) is 4.79 Å². The fourth-order valence-corrected chi connectivity index (χ4v) is 3.30. The smallest absolute Gasteiger partial charge is 0.237 e. The maximum absolute atomic E-state index is 11.7. The van der Waals surface area contributed by atoms with Crippen molar-refractivity contribution >= 4 is 27.5 Å². The van der Waals surface area contributed by atoms with E-state index in [0.29, 0.717) is 13.0 Å². The van der Waals surface area contributed by atoms with E-state index in [1.54, 1.807) is 11.3 Å². The van der Waals surface area contributed by atoms with Gasteiger partial charge in [-0.05, 0) is 18.6 Å². The van der Waals surface area contributed by atoms with Crippen molar-refractivity contribution in [3.63, 3.8) is 0 Å². The Bertz CT molecular complexity index is 593. The predicted octanol–water partition coefficient (Wildman–Crippen LogP) is 1.24. The summed E-state index contributed by atoms with van der Waals surface area (Å²) < 4.78 is 1.20. The first-order chi connectivity index (χ1) is 8.74. The van der Waals surface area contributed by atoms with Gasteiger partial charge >= 0.3 is 0 Å². The second-order valence-electron chi connectivity index (χ2n) is 4.53. The number of benzene rings is 1. The minimum absolute atomic E-state index is 0.0808. The van der Waals surface area contributed by atoms with E-state index in [-0.39, 0.29) is 11.9 Å². The van der Waals surface area contributed by atoms with Crippen LogP contribution in [0.5, 0.6) is 0 Å². The SMILES string of the molecule is Cc1cccc2sc(CC3NCCNC3=O)nc12. The van der Waals surface area contributed by atoms with E-state index in [0.717, 1.165) is 17.1 Å². The minimum atomic E-state index is -0.139. The molecule has 0 aliphatic carbocycles. The van der Waals surface area contributed by atoms with Gasteiger partial charge in [-0.2, -0.15) is 0 Å². The predicted molar refractivity (Wildman–Crippen MR) is 72.9 cm³/mol. The fourth-order valence-electron chi connectivity index (χ4n) is 2.21. The third-order valence-electron chi connectivity index (χ3n) is 3.18. The van der Waals surface area contributed by atoms with E-state index in [1.807, 2.05) is 6.07 Å². The normalized spacial score (nSPS) is 20.1. The van der Waals surface area contributed by atoms with Crippen LogP contribution in [0.1, 0.15) is 10.6 Å². The number of nitrogens with one attached hydrogen (secondary N) is 2. The summed E-state index contributed by atoms with van der Waals surface area (Å²) >= 11 is 1.68. The molecule has 0 radical (unpaired) electrons. The Kier molecular flexibility index (Phi) is 3.01. The summed E-state index contributed by atoms with van der Waals surface area (Å²) in [6.45, 7) is 3.62. The van der Waals surface area contributed by atoms with E-state index in [9.17, 15) is 4.79 Å². The average molecular weight is 261 g/mol. The third-order valence-corrected chi connectivity index (χ3v) is 4.22. The molecule has 5 heteroatoms. The van der Waals surface area contributed by atoms with E-state index < -0.39 is 0 Å². The lowest BCUT2D eigenvalue weighted by Gasteiger charge is -2.22. The van der Waals surface area contributed by atoms with Gasteiger partial charge in [-0.25, -0.2) is 4.98 Å². The zero-order valence-electron chi connectivity index (χ0n) is 10.2. The molecule has 1 amide bonds. The summed E-state index contributed by atoms with van der Waals surface area (Å²) in [5.41, 5.74) is 2.25. The summed E-state index contributed by atoms with van der Waals surface area (Å²) in [7, 11) is 0. The van der Waals surface area contributed by atoms with Crippen molar-refractivity contribution in [2.24, 2.45) is 0 Å². The number of carbonyl (C=O) groups is 1. The summed E-state index contributed by atoms with van der Waals surface area (Å²) in [4.78, 5) is 16.3. The Labute approximate surface area is 109 Å². The molecule has 3 rings (SSSR count). The topological polar surface area (TPSA) is 54.0 Å². The molecule has 0 spiro atoms. The molecular weight excluding hydrogens is 246 g/mol. The molecule has 2 N–H and O–H groups in total. The van der Waals surface area contributed by atoms with Gasteiger partial charge in [0.2, 0.25) is 5.91 Å². The number of carbonyl (C=O) groups excluding carboxylic acids is 1. The maximum Gasteiger partial charge on any atom is 0.237 e. The molecule has 1 aromatic heterocycles. The number of thiazole rings is 1. The summed E-state index contributed by atoms with van der Waals surface area (Å²) in [6.07, 6.45) is 0.671. The van der Waals surface area contributed by atoms with Crippen molar-refractivity contribution in [2.45, 2.75) is 19.4 Å². The molecule has 1 aliphatic rings. The van der Waals surface area contributed by atoms with Gasteiger partial charge < -0.3 is 10.6 Å². The number of hydrogen-bond donors (Lipinski definition) is 2. The van der Waals surface area contributed by atoms with Crippen LogP contribution >= 0.6 is 11.3 Å². The molecule has 18 heavy (non-hydrogen) atoms. The molecule has 2 heterocycles. The second-order valence-corrected chi connectivity index (χ2v) is 5.65. The Morgan fingerprint density at radius 3 is 3.11 bits per heavy atom. The van der Waals surface area contributed by atoms with Gasteiger partial charge in [0.1, 0.15) is 0 Å². The largest absolute Gasteiger partial charge is 0.353 e. The maximum atomic E-state index is 11.7. The van der Waals surface area contributed by atoms with Gasteiger partial charge in [-0.15, -0.1) is 11.3 Å². The highest BCUT2D eigenvalue weighted by atomic mass is 32.1. The number of amides is 1. The number of rotatable bonds is 2. The highest BCUT2D eigenvalue weighted by Crippen LogP contribution is 2.25. The first-order valence-electron chi connectivity index (χ1n) is 6.10. The summed E-state index contributed by atoms with van der Waals surface area (Å²) in [6, 6.07) is 6.06. The van der Waals surface area contributed by atoms with Crippen molar-refractivity contribution in [1.29, 1.82) is 0 Å². The molecule has 0 saturated carbocycles. The number of hydrogen-bond acceptors (Lipinski definition) is 4. The van der Waals surface area contributed by atoms with E-state index in [2.05, 4.69) is 34.7 Å². The van der Waals surface area contributed by atoms with Gasteiger partial charge in [0.15, 0.2) is 0 Å². The van der Waals surface area contributed by atoms with Crippen LogP contribution < -0.4 is 10.6 Å². The van der Waals surface area contributed by atoms with Crippen molar-refractivity contribution in [2.75, 3.05) is 13.1 Å². The van der Waals surface area contributed by atoms with Crippen LogP contribution in [-0.2, 0) is 11.2 Å². The first-order valence-corrected chi connectivity index (χ1v) is 6.92. The Balaban J connectivity index is 1.86. The molecule has 1 aliphatic heterocycles. The summed E-state index contributed by atoms with van der Waals surface area (Å²) in [5.74, 6) is 0.0808. The molecule has 1 aromatic carbocycles. The monoisotopic (exact) mass is 261 g/mol. The summed E-state index contributed by atoms with van der Waals surface area (Å²) in [5, 5.41) is 7.13. The number of fused-ring (bicyclic) bond motifs is 1. The lowest BCUT2D eigenvalue weighted by Crippen LogP contribution is -2.53. The van der Waals surface area contributed by atoms with Crippen LogP contribution in [0.2, 0.25) is 0 Å². The zero-order valence-corrected chi connectivity index (χ0v) is 11.0. The molecule has 0 bridgehead atoms. The Hall–Kier alpha value is -1.46. The zero-order chi connectivity index (χ0) is 12.5.